The highest BCUT2D eigenvalue weighted by Gasteiger charge is 2.45. The van der Waals surface area contributed by atoms with Crippen LogP contribution in [-0.4, -0.2) is 59.6 Å². The molecule has 0 spiro atoms. The van der Waals surface area contributed by atoms with Gasteiger partial charge in [0.25, 0.3) is 0 Å². The number of amides is 3. The molecule has 3 amide bonds. The van der Waals surface area contributed by atoms with E-state index in [0.29, 0.717) is 25.7 Å². The fourth-order valence-corrected chi connectivity index (χ4v) is 3.36. The Balaban J connectivity index is 1.47. The van der Waals surface area contributed by atoms with Crippen molar-refractivity contribution in [1.82, 2.24) is 15.1 Å². The number of nitrogens with zero attached hydrogens (tertiary/aromatic N) is 2. The third-order valence-electron chi connectivity index (χ3n) is 4.81. The Morgan fingerprint density at radius 1 is 1.33 bits per heavy atom. The average molecular weight is 333 g/mol. The first-order valence-corrected chi connectivity index (χ1v) is 8.31. The van der Waals surface area contributed by atoms with Crippen LogP contribution in [0.25, 0.3) is 0 Å². The molecule has 1 aromatic rings. The van der Waals surface area contributed by atoms with Crippen LogP contribution in [0.2, 0.25) is 0 Å². The minimum absolute atomic E-state index is 0.00850. The van der Waals surface area contributed by atoms with Gasteiger partial charge in [0.15, 0.2) is 0 Å². The maximum Gasteiger partial charge on any atom is 0.317 e. The molecule has 24 heavy (non-hydrogen) atoms. The number of hydrogen-bond acceptors (Lipinski definition) is 3. The van der Waals surface area contributed by atoms with Gasteiger partial charge in [-0.25, -0.2) is 9.18 Å². The van der Waals surface area contributed by atoms with Crippen LogP contribution >= 0.6 is 0 Å². The molecule has 3 aliphatic rings. The third kappa shape index (κ3) is 3.08. The van der Waals surface area contributed by atoms with Crippen molar-refractivity contribution in [3.05, 3.63) is 35.6 Å². The maximum absolute atomic E-state index is 13.4. The highest BCUT2D eigenvalue weighted by molar-refractivity contribution is 5.80. The zero-order valence-corrected chi connectivity index (χ0v) is 13.3. The van der Waals surface area contributed by atoms with Crippen molar-refractivity contribution >= 4 is 11.9 Å². The van der Waals surface area contributed by atoms with Crippen molar-refractivity contribution in [3.63, 3.8) is 0 Å². The molecule has 6 nitrogen and oxygen atoms in total. The number of carbonyl (C=O) groups excluding carboxylic acids is 2. The smallest absolute Gasteiger partial charge is 0.317 e. The normalized spacial score (nSPS) is 26.5. The molecule has 4 rings (SSSR count). The summed E-state index contributed by atoms with van der Waals surface area (Å²) in [5.74, 6) is -0.438. The predicted octanol–water partition coefficient (Wildman–Crippen LogP) is 1.11. The minimum Gasteiger partial charge on any atom is -0.364 e. The van der Waals surface area contributed by atoms with E-state index in [4.69, 9.17) is 4.74 Å². The third-order valence-corrected chi connectivity index (χ3v) is 4.81. The fourth-order valence-electron chi connectivity index (χ4n) is 3.36. The fraction of sp³-hybridized carbons (Fsp3) is 0.529. The second-order valence-electron chi connectivity index (χ2n) is 6.70. The number of urea groups is 1. The van der Waals surface area contributed by atoms with Gasteiger partial charge in [-0.05, 0) is 30.5 Å². The molecule has 1 aromatic carbocycles. The van der Waals surface area contributed by atoms with Crippen LogP contribution in [0.3, 0.4) is 0 Å². The second-order valence-corrected chi connectivity index (χ2v) is 6.70. The molecule has 7 heteroatoms. The standard InChI is InChI=1S/C17H20FN3O3/c18-12-3-1-2-11(6-12)7-21-14-8-20(17(23)19-13-4-5-13)9-15(14)24-10-16(21)22/h1-3,6,13-15H,4-5,7-10H2,(H,19,23)/t14-,15-/m0/s1. The molecule has 3 fully saturated rings. The summed E-state index contributed by atoms with van der Waals surface area (Å²) in [5, 5.41) is 2.97. The van der Waals surface area contributed by atoms with Gasteiger partial charge in [-0.1, -0.05) is 12.1 Å². The number of ether oxygens (including phenoxy) is 1. The zero-order valence-electron chi connectivity index (χ0n) is 13.3. The number of fused-ring (bicyclic) bond motifs is 1. The number of likely N-dealkylation sites (tertiary alicyclic amines) is 1. The van der Waals surface area contributed by atoms with E-state index in [2.05, 4.69) is 5.32 Å². The molecular weight excluding hydrogens is 313 g/mol. The van der Waals surface area contributed by atoms with Crippen LogP contribution in [0.15, 0.2) is 24.3 Å². The quantitative estimate of drug-likeness (QED) is 0.901. The van der Waals surface area contributed by atoms with Gasteiger partial charge in [0, 0.05) is 19.1 Å². The SMILES string of the molecule is O=C(NC1CC1)N1C[C@@H]2OCC(=O)N(Cc3cccc(F)c3)[C@H]2C1. The summed E-state index contributed by atoms with van der Waals surface area (Å²) < 4.78 is 19.0. The molecule has 2 aliphatic heterocycles. The number of benzene rings is 1. The maximum atomic E-state index is 13.4. The lowest BCUT2D eigenvalue weighted by molar-refractivity contribution is -0.153. The molecular formula is C17H20FN3O3. The molecule has 1 N–H and O–H groups in total. The Labute approximate surface area is 139 Å². The van der Waals surface area contributed by atoms with Gasteiger partial charge in [-0.15, -0.1) is 0 Å². The van der Waals surface area contributed by atoms with E-state index in [1.807, 2.05) is 0 Å². The van der Waals surface area contributed by atoms with E-state index in [9.17, 15) is 14.0 Å². The number of hydrogen-bond donors (Lipinski definition) is 1. The van der Waals surface area contributed by atoms with Crippen molar-refractivity contribution in [2.24, 2.45) is 0 Å². The summed E-state index contributed by atoms with van der Waals surface area (Å²) in [6.45, 7) is 1.27. The van der Waals surface area contributed by atoms with Gasteiger partial charge in [0.05, 0.1) is 18.7 Å². The van der Waals surface area contributed by atoms with Gasteiger partial charge in [0.1, 0.15) is 12.4 Å². The van der Waals surface area contributed by atoms with E-state index in [1.165, 1.54) is 12.1 Å². The summed E-state index contributed by atoms with van der Waals surface area (Å²) in [6.07, 6.45) is 1.89. The Morgan fingerprint density at radius 2 is 2.17 bits per heavy atom. The monoisotopic (exact) mass is 333 g/mol. The molecule has 0 aromatic heterocycles. The second kappa shape index (κ2) is 6.05. The minimum atomic E-state index is -0.318. The molecule has 128 valence electrons. The van der Waals surface area contributed by atoms with E-state index in [-0.39, 0.29) is 36.5 Å². The largest absolute Gasteiger partial charge is 0.364 e. The summed E-state index contributed by atoms with van der Waals surface area (Å²) in [5.41, 5.74) is 0.741. The molecule has 0 bridgehead atoms. The van der Waals surface area contributed by atoms with Crippen LogP contribution in [0.4, 0.5) is 9.18 Å². The highest BCUT2D eigenvalue weighted by Crippen LogP contribution is 2.26. The van der Waals surface area contributed by atoms with Crippen LogP contribution in [0, 0.1) is 5.82 Å². The first-order valence-electron chi connectivity index (χ1n) is 8.31. The Morgan fingerprint density at radius 3 is 2.92 bits per heavy atom. The first-order chi connectivity index (χ1) is 11.6. The summed E-state index contributed by atoms with van der Waals surface area (Å²) in [4.78, 5) is 27.9. The van der Waals surface area contributed by atoms with Gasteiger partial charge >= 0.3 is 6.03 Å². The Hall–Kier alpha value is -2.15. The number of carbonyl (C=O) groups is 2. The Bertz CT molecular complexity index is 664. The number of nitrogens with one attached hydrogen (secondary N) is 1. The molecule has 2 heterocycles. The van der Waals surface area contributed by atoms with Crippen LogP contribution < -0.4 is 5.32 Å². The number of halogens is 1. The molecule has 0 radical (unpaired) electrons. The Kier molecular flexibility index (Phi) is 3.88. The molecule has 2 saturated heterocycles. The van der Waals surface area contributed by atoms with Gasteiger partial charge in [-0.2, -0.15) is 0 Å². The first kappa shape index (κ1) is 15.4. The summed E-state index contributed by atoms with van der Waals surface area (Å²) in [7, 11) is 0. The summed E-state index contributed by atoms with van der Waals surface area (Å²) >= 11 is 0. The predicted molar refractivity (Wildman–Crippen MR) is 83.6 cm³/mol. The van der Waals surface area contributed by atoms with E-state index in [0.717, 1.165) is 18.4 Å². The van der Waals surface area contributed by atoms with Crippen molar-refractivity contribution in [3.8, 4) is 0 Å². The molecule has 1 saturated carbocycles. The van der Waals surface area contributed by atoms with Crippen LogP contribution in [0.1, 0.15) is 18.4 Å². The topological polar surface area (TPSA) is 61.9 Å². The van der Waals surface area contributed by atoms with E-state index < -0.39 is 0 Å². The van der Waals surface area contributed by atoms with E-state index >= 15 is 0 Å². The lowest BCUT2D eigenvalue weighted by Gasteiger charge is -2.36. The van der Waals surface area contributed by atoms with Crippen LogP contribution in [0.5, 0.6) is 0 Å². The van der Waals surface area contributed by atoms with Gasteiger partial charge in [0.2, 0.25) is 5.91 Å². The zero-order chi connectivity index (χ0) is 16.7. The molecule has 1 aliphatic carbocycles. The number of rotatable bonds is 3. The average Bonchev–Trinajstić information content (AvgIpc) is 3.25. The lowest BCUT2D eigenvalue weighted by Crippen LogP contribution is -2.53. The number of morpholine rings is 1. The lowest BCUT2D eigenvalue weighted by atomic mass is 10.1. The van der Waals surface area contributed by atoms with Crippen LogP contribution in [-0.2, 0) is 16.1 Å². The van der Waals surface area contributed by atoms with Crippen molar-refractivity contribution in [2.75, 3.05) is 19.7 Å². The van der Waals surface area contributed by atoms with E-state index in [1.54, 1.807) is 21.9 Å². The van der Waals surface area contributed by atoms with Crippen molar-refractivity contribution in [2.45, 2.75) is 37.6 Å². The molecule has 0 unspecified atom stereocenters. The highest BCUT2D eigenvalue weighted by atomic mass is 19.1. The van der Waals surface area contributed by atoms with Crippen molar-refractivity contribution < 1.29 is 18.7 Å². The van der Waals surface area contributed by atoms with Crippen molar-refractivity contribution in [1.29, 1.82) is 0 Å². The summed E-state index contributed by atoms with van der Waals surface area (Å²) in [6, 6.07) is 6.28. The molecule has 2 atom stereocenters. The van der Waals surface area contributed by atoms with Gasteiger partial charge < -0.3 is 19.9 Å². The van der Waals surface area contributed by atoms with Gasteiger partial charge in [-0.3, -0.25) is 4.79 Å².